The van der Waals surface area contributed by atoms with E-state index in [1.54, 1.807) is 0 Å². The molecule has 20 heavy (non-hydrogen) atoms. The van der Waals surface area contributed by atoms with Crippen molar-refractivity contribution in [2.24, 2.45) is 0 Å². The molecule has 1 rings (SSSR count). The van der Waals surface area contributed by atoms with Crippen LogP contribution in [0.3, 0.4) is 0 Å². The second-order valence-corrected chi connectivity index (χ2v) is 5.52. The fourth-order valence-corrected chi connectivity index (χ4v) is 1.46. The highest BCUT2D eigenvalue weighted by Crippen LogP contribution is 2.14. The highest BCUT2D eigenvalue weighted by Gasteiger charge is 2.08. The lowest BCUT2D eigenvalue weighted by molar-refractivity contribution is -0.122. The molecule has 4 nitrogen and oxygen atoms in total. The van der Waals surface area contributed by atoms with Crippen molar-refractivity contribution in [3.05, 3.63) is 29.8 Å². The Kier molecular flexibility index (Phi) is 6.08. The number of terminal acetylenes is 1. The van der Waals surface area contributed by atoms with E-state index in [1.165, 1.54) is 0 Å². The van der Waals surface area contributed by atoms with Gasteiger partial charge in [0.05, 0.1) is 6.54 Å². The van der Waals surface area contributed by atoms with Crippen molar-refractivity contribution in [1.29, 1.82) is 0 Å². The third kappa shape index (κ3) is 6.81. The van der Waals surface area contributed by atoms with Gasteiger partial charge in [-0.2, -0.15) is 0 Å². The average molecular weight is 274 g/mol. The Labute approximate surface area is 120 Å². The first-order valence-corrected chi connectivity index (χ1v) is 6.57. The van der Waals surface area contributed by atoms with E-state index < -0.39 is 0 Å². The van der Waals surface area contributed by atoms with Crippen LogP contribution in [0.4, 0.5) is 0 Å². The van der Waals surface area contributed by atoms with Crippen LogP contribution >= 0.6 is 0 Å². The molecule has 0 aliphatic heterocycles. The van der Waals surface area contributed by atoms with Crippen molar-refractivity contribution >= 4 is 5.91 Å². The number of rotatable bonds is 6. The Balaban J connectivity index is 2.48. The summed E-state index contributed by atoms with van der Waals surface area (Å²) in [6.45, 7) is 7.29. The minimum atomic E-state index is -0.221. The number of hydrogen-bond donors (Lipinski definition) is 2. The zero-order valence-corrected chi connectivity index (χ0v) is 12.3. The van der Waals surface area contributed by atoms with Crippen molar-refractivity contribution in [1.82, 2.24) is 10.6 Å². The zero-order chi connectivity index (χ0) is 15.0. The van der Waals surface area contributed by atoms with Crippen molar-refractivity contribution in [3.63, 3.8) is 0 Å². The molecule has 0 bridgehead atoms. The van der Waals surface area contributed by atoms with Crippen LogP contribution in [0.1, 0.15) is 26.3 Å². The van der Waals surface area contributed by atoms with Crippen LogP contribution < -0.4 is 15.4 Å². The minimum absolute atomic E-state index is 0.0299. The number of hydrogen-bond acceptors (Lipinski definition) is 3. The molecule has 0 heterocycles. The summed E-state index contributed by atoms with van der Waals surface area (Å²) in [5.41, 5.74) is 1.17. The van der Waals surface area contributed by atoms with Gasteiger partial charge in [0.2, 0.25) is 0 Å². The second kappa shape index (κ2) is 7.56. The molecule has 0 saturated heterocycles. The molecule has 0 radical (unpaired) electrons. The molecule has 2 N–H and O–H groups in total. The van der Waals surface area contributed by atoms with Crippen molar-refractivity contribution < 1.29 is 9.53 Å². The summed E-state index contributed by atoms with van der Waals surface area (Å²) in [6, 6.07) is 7.68. The fraction of sp³-hybridized carbons (Fsp3) is 0.438. The van der Waals surface area contributed by atoms with Gasteiger partial charge in [0.1, 0.15) is 5.75 Å². The molecule has 0 saturated carbocycles. The number of ether oxygens (including phenoxy) is 1. The van der Waals surface area contributed by atoms with Crippen LogP contribution in [0.5, 0.6) is 5.75 Å². The van der Waals surface area contributed by atoms with Crippen LogP contribution in [0.2, 0.25) is 0 Å². The van der Waals surface area contributed by atoms with Crippen LogP contribution in [0.15, 0.2) is 24.3 Å². The molecular weight excluding hydrogens is 252 g/mol. The molecule has 4 heteroatoms. The van der Waals surface area contributed by atoms with Crippen LogP contribution in [-0.2, 0) is 11.3 Å². The van der Waals surface area contributed by atoms with Crippen LogP contribution in [0.25, 0.3) is 0 Å². The zero-order valence-electron chi connectivity index (χ0n) is 12.3. The third-order valence-corrected chi connectivity index (χ3v) is 2.48. The number of carbonyl (C=O) groups is 1. The molecule has 108 valence electrons. The maximum atomic E-state index is 11.4. The Hall–Kier alpha value is -1.99. The van der Waals surface area contributed by atoms with Gasteiger partial charge < -0.3 is 15.4 Å². The summed E-state index contributed by atoms with van der Waals surface area (Å²) in [5.74, 6) is 2.79. The maximum absolute atomic E-state index is 11.4. The predicted octanol–water partition coefficient (Wildman–Crippen LogP) is 1.70. The Morgan fingerprint density at radius 1 is 1.40 bits per heavy atom. The van der Waals surface area contributed by atoms with Gasteiger partial charge in [0.15, 0.2) is 6.61 Å². The van der Waals surface area contributed by atoms with Gasteiger partial charge in [0.25, 0.3) is 5.91 Å². The van der Waals surface area contributed by atoms with E-state index in [0.717, 1.165) is 12.1 Å². The molecule has 1 aromatic rings. The second-order valence-electron chi connectivity index (χ2n) is 5.52. The van der Waals surface area contributed by atoms with Gasteiger partial charge in [-0.1, -0.05) is 18.1 Å². The fourth-order valence-electron chi connectivity index (χ4n) is 1.46. The SMILES string of the molecule is C#CCNC(=O)COc1cccc(CNC(C)(C)C)c1. The summed E-state index contributed by atoms with van der Waals surface area (Å²) >= 11 is 0. The number of amides is 1. The molecule has 0 aliphatic carbocycles. The third-order valence-electron chi connectivity index (χ3n) is 2.48. The monoisotopic (exact) mass is 274 g/mol. The molecule has 1 aromatic carbocycles. The van der Waals surface area contributed by atoms with E-state index in [9.17, 15) is 4.79 Å². The van der Waals surface area contributed by atoms with Gasteiger partial charge in [-0.15, -0.1) is 6.42 Å². The van der Waals surface area contributed by atoms with E-state index >= 15 is 0 Å². The largest absolute Gasteiger partial charge is 0.484 e. The maximum Gasteiger partial charge on any atom is 0.258 e. The molecule has 0 unspecified atom stereocenters. The van der Waals surface area contributed by atoms with Crippen molar-refractivity contribution in [3.8, 4) is 18.1 Å². The highest BCUT2D eigenvalue weighted by atomic mass is 16.5. The lowest BCUT2D eigenvalue weighted by atomic mass is 10.1. The van der Waals surface area contributed by atoms with Crippen LogP contribution in [-0.4, -0.2) is 24.6 Å². The molecule has 1 amide bonds. The Morgan fingerprint density at radius 3 is 2.80 bits per heavy atom. The van der Waals surface area contributed by atoms with Gasteiger partial charge in [-0.25, -0.2) is 0 Å². The molecule has 0 aromatic heterocycles. The van der Waals surface area contributed by atoms with E-state index in [-0.39, 0.29) is 24.6 Å². The van der Waals surface area contributed by atoms with Gasteiger partial charge in [-0.3, -0.25) is 4.79 Å². The normalized spacial score (nSPS) is 10.7. The first-order chi connectivity index (χ1) is 9.40. The standard InChI is InChI=1S/C16H22N2O2/c1-5-9-17-15(19)12-20-14-8-6-7-13(10-14)11-18-16(2,3)4/h1,6-8,10,18H,9,11-12H2,2-4H3,(H,17,19). The Morgan fingerprint density at radius 2 is 2.15 bits per heavy atom. The van der Waals surface area contributed by atoms with Gasteiger partial charge in [-0.05, 0) is 38.5 Å². The van der Waals surface area contributed by atoms with E-state index in [2.05, 4.69) is 37.3 Å². The summed E-state index contributed by atoms with van der Waals surface area (Å²) in [5, 5.41) is 5.95. The smallest absolute Gasteiger partial charge is 0.258 e. The summed E-state index contributed by atoms with van der Waals surface area (Å²) in [6.07, 6.45) is 5.06. The molecular formula is C16H22N2O2. The molecule has 0 spiro atoms. The first kappa shape index (κ1) is 16.1. The van der Waals surface area contributed by atoms with Gasteiger partial charge in [0, 0.05) is 12.1 Å². The molecule has 0 atom stereocenters. The molecule has 0 fully saturated rings. The van der Waals surface area contributed by atoms with Gasteiger partial charge >= 0.3 is 0 Å². The molecule has 0 aliphatic rings. The Bertz CT molecular complexity index is 484. The predicted molar refractivity (Wildman–Crippen MR) is 80.4 cm³/mol. The number of carbonyl (C=O) groups excluding carboxylic acids is 1. The van der Waals surface area contributed by atoms with E-state index in [1.807, 2.05) is 24.3 Å². The summed E-state index contributed by atoms with van der Waals surface area (Å²) in [7, 11) is 0. The summed E-state index contributed by atoms with van der Waals surface area (Å²) < 4.78 is 5.43. The highest BCUT2D eigenvalue weighted by molar-refractivity contribution is 5.77. The van der Waals surface area contributed by atoms with E-state index in [4.69, 9.17) is 11.2 Å². The van der Waals surface area contributed by atoms with Crippen molar-refractivity contribution in [2.75, 3.05) is 13.2 Å². The van der Waals surface area contributed by atoms with E-state index in [0.29, 0.717) is 5.75 Å². The number of benzene rings is 1. The van der Waals surface area contributed by atoms with Crippen molar-refractivity contribution in [2.45, 2.75) is 32.9 Å². The summed E-state index contributed by atoms with van der Waals surface area (Å²) in [4.78, 5) is 11.4. The first-order valence-electron chi connectivity index (χ1n) is 6.57. The van der Waals surface area contributed by atoms with Crippen LogP contribution in [0, 0.1) is 12.3 Å². The lowest BCUT2D eigenvalue weighted by Gasteiger charge is -2.20. The topological polar surface area (TPSA) is 50.4 Å². The quantitative estimate of drug-likeness (QED) is 0.776. The minimum Gasteiger partial charge on any atom is -0.484 e. The lowest BCUT2D eigenvalue weighted by Crippen LogP contribution is -2.35. The average Bonchev–Trinajstić information content (AvgIpc) is 2.40. The number of nitrogens with one attached hydrogen (secondary N) is 2.